The van der Waals surface area contributed by atoms with Crippen LogP contribution in [-0.4, -0.2) is 42.5 Å². The minimum absolute atomic E-state index is 0.0392. The van der Waals surface area contributed by atoms with Gasteiger partial charge in [-0.1, -0.05) is 6.92 Å². The number of halogens is 2. The SMILES string of the molecule is CCN1CCC2(CC1)CC(F)(F)CN2. The molecule has 14 heavy (non-hydrogen) atoms. The van der Waals surface area contributed by atoms with E-state index in [4.69, 9.17) is 0 Å². The molecular weight excluding hydrogens is 186 g/mol. The maximum atomic E-state index is 13.1. The first-order valence-corrected chi connectivity index (χ1v) is 5.41. The minimum atomic E-state index is -2.48. The van der Waals surface area contributed by atoms with Crippen LogP contribution >= 0.6 is 0 Å². The second-order valence-corrected chi connectivity index (χ2v) is 4.60. The molecule has 0 amide bonds. The molecule has 0 radical (unpaired) electrons. The van der Waals surface area contributed by atoms with E-state index in [0.29, 0.717) is 0 Å². The van der Waals surface area contributed by atoms with Gasteiger partial charge >= 0.3 is 0 Å². The molecule has 2 saturated heterocycles. The van der Waals surface area contributed by atoms with Gasteiger partial charge < -0.3 is 10.2 Å². The number of piperidine rings is 1. The number of hydrogen-bond acceptors (Lipinski definition) is 2. The lowest BCUT2D eigenvalue weighted by Gasteiger charge is -2.38. The van der Waals surface area contributed by atoms with E-state index in [0.717, 1.165) is 32.5 Å². The Morgan fingerprint density at radius 1 is 1.29 bits per heavy atom. The lowest BCUT2D eigenvalue weighted by molar-refractivity contribution is 0.0103. The Kier molecular flexibility index (Phi) is 2.52. The molecule has 0 aromatic rings. The molecule has 2 aliphatic heterocycles. The van der Waals surface area contributed by atoms with Gasteiger partial charge in [0.05, 0.1) is 6.54 Å². The van der Waals surface area contributed by atoms with E-state index < -0.39 is 5.92 Å². The summed E-state index contributed by atoms with van der Waals surface area (Å²) in [4.78, 5) is 2.32. The van der Waals surface area contributed by atoms with Crippen molar-refractivity contribution in [3.8, 4) is 0 Å². The summed E-state index contributed by atoms with van der Waals surface area (Å²) in [5.74, 6) is -2.48. The standard InChI is InChI=1S/C10H18F2N2/c1-2-14-5-3-9(4-6-14)7-10(11,12)8-13-9/h13H,2-8H2,1H3. The number of nitrogens with one attached hydrogen (secondary N) is 1. The molecule has 0 atom stereocenters. The van der Waals surface area contributed by atoms with Crippen molar-refractivity contribution >= 4 is 0 Å². The van der Waals surface area contributed by atoms with Crippen molar-refractivity contribution in [3.05, 3.63) is 0 Å². The van der Waals surface area contributed by atoms with Crippen LogP contribution in [0.25, 0.3) is 0 Å². The Labute approximate surface area is 83.7 Å². The molecule has 0 aliphatic carbocycles. The van der Waals surface area contributed by atoms with E-state index in [9.17, 15) is 8.78 Å². The van der Waals surface area contributed by atoms with Crippen LogP contribution in [0.5, 0.6) is 0 Å². The molecule has 0 unspecified atom stereocenters. The molecule has 1 N–H and O–H groups in total. The van der Waals surface area contributed by atoms with Crippen LogP contribution in [0.2, 0.25) is 0 Å². The number of alkyl halides is 2. The molecule has 2 fully saturated rings. The fraction of sp³-hybridized carbons (Fsp3) is 1.00. The molecule has 4 heteroatoms. The van der Waals surface area contributed by atoms with Gasteiger partial charge in [-0.3, -0.25) is 0 Å². The predicted octanol–water partition coefficient (Wildman–Crippen LogP) is 1.47. The summed E-state index contributed by atoms with van der Waals surface area (Å²) in [6.07, 6.45) is 1.78. The predicted molar refractivity (Wildman–Crippen MR) is 51.6 cm³/mol. The Morgan fingerprint density at radius 2 is 1.93 bits per heavy atom. The van der Waals surface area contributed by atoms with Gasteiger partial charge in [0.25, 0.3) is 5.92 Å². The molecule has 0 aromatic carbocycles. The average Bonchev–Trinajstić information content (AvgIpc) is 2.44. The lowest BCUT2D eigenvalue weighted by atomic mass is 9.85. The largest absolute Gasteiger partial charge is 0.305 e. The molecule has 2 heterocycles. The van der Waals surface area contributed by atoms with Crippen LogP contribution in [-0.2, 0) is 0 Å². The highest BCUT2D eigenvalue weighted by Crippen LogP contribution is 2.38. The maximum absolute atomic E-state index is 13.1. The average molecular weight is 204 g/mol. The number of rotatable bonds is 1. The Hall–Kier alpha value is -0.220. The van der Waals surface area contributed by atoms with Crippen LogP contribution in [0, 0.1) is 0 Å². The van der Waals surface area contributed by atoms with Gasteiger partial charge in [-0.05, 0) is 32.5 Å². The first kappa shape index (κ1) is 10.3. The monoisotopic (exact) mass is 204 g/mol. The summed E-state index contributed by atoms with van der Waals surface area (Å²) < 4.78 is 26.2. The third-order valence-corrected chi connectivity index (χ3v) is 3.58. The molecule has 0 bridgehead atoms. The highest BCUT2D eigenvalue weighted by atomic mass is 19.3. The number of likely N-dealkylation sites (tertiary alicyclic amines) is 1. The summed E-state index contributed by atoms with van der Waals surface area (Å²) in [6.45, 7) is 4.94. The van der Waals surface area contributed by atoms with Crippen molar-refractivity contribution in [2.75, 3.05) is 26.2 Å². The van der Waals surface area contributed by atoms with Crippen LogP contribution in [0.1, 0.15) is 26.2 Å². The summed E-state index contributed by atoms with van der Waals surface area (Å²) in [6, 6.07) is 0. The summed E-state index contributed by atoms with van der Waals surface area (Å²) in [5, 5.41) is 3.03. The van der Waals surface area contributed by atoms with Crippen molar-refractivity contribution in [2.45, 2.75) is 37.6 Å². The molecule has 2 rings (SSSR count). The molecule has 82 valence electrons. The van der Waals surface area contributed by atoms with E-state index in [1.165, 1.54) is 0 Å². The number of nitrogens with zero attached hydrogens (tertiary/aromatic N) is 1. The second kappa shape index (κ2) is 3.42. The number of hydrogen-bond donors (Lipinski definition) is 1. The zero-order chi connectivity index (χ0) is 10.2. The van der Waals surface area contributed by atoms with E-state index in [-0.39, 0.29) is 18.5 Å². The van der Waals surface area contributed by atoms with Crippen LogP contribution in [0.3, 0.4) is 0 Å². The maximum Gasteiger partial charge on any atom is 0.262 e. The van der Waals surface area contributed by atoms with Gasteiger partial charge in [0.15, 0.2) is 0 Å². The van der Waals surface area contributed by atoms with Crippen molar-refractivity contribution in [3.63, 3.8) is 0 Å². The highest BCUT2D eigenvalue weighted by molar-refractivity contribution is 5.03. The van der Waals surface area contributed by atoms with Crippen molar-refractivity contribution in [2.24, 2.45) is 0 Å². The molecule has 1 spiro atoms. The summed E-state index contributed by atoms with van der Waals surface area (Å²) in [7, 11) is 0. The fourth-order valence-corrected chi connectivity index (χ4v) is 2.59. The molecular formula is C10H18F2N2. The lowest BCUT2D eigenvalue weighted by Crippen LogP contribution is -2.49. The molecule has 2 nitrogen and oxygen atoms in total. The van der Waals surface area contributed by atoms with Crippen molar-refractivity contribution in [1.29, 1.82) is 0 Å². The van der Waals surface area contributed by atoms with Gasteiger partial charge in [-0.25, -0.2) is 8.78 Å². The van der Waals surface area contributed by atoms with E-state index >= 15 is 0 Å². The Morgan fingerprint density at radius 3 is 2.36 bits per heavy atom. The highest BCUT2D eigenvalue weighted by Gasteiger charge is 2.49. The van der Waals surface area contributed by atoms with Gasteiger partial charge in [-0.2, -0.15) is 0 Å². The van der Waals surface area contributed by atoms with Gasteiger partial charge in [0, 0.05) is 12.0 Å². The quantitative estimate of drug-likeness (QED) is 0.696. The molecule has 0 saturated carbocycles. The zero-order valence-electron chi connectivity index (χ0n) is 8.65. The Balaban J connectivity index is 1.94. The Bertz CT molecular complexity index is 210. The summed E-state index contributed by atoms with van der Waals surface area (Å²) in [5.41, 5.74) is -0.255. The zero-order valence-corrected chi connectivity index (χ0v) is 8.65. The summed E-state index contributed by atoms with van der Waals surface area (Å²) >= 11 is 0. The van der Waals surface area contributed by atoms with Crippen molar-refractivity contribution in [1.82, 2.24) is 10.2 Å². The van der Waals surface area contributed by atoms with E-state index in [2.05, 4.69) is 17.1 Å². The minimum Gasteiger partial charge on any atom is -0.305 e. The third kappa shape index (κ3) is 1.91. The molecule has 2 aliphatic rings. The van der Waals surface area contributed by atoms with Crippen molar-refractivity contribution < 1.29 is 8.78 Å². The van der Waals surface area contributed by atoms with E-state index in [1.807, 2.05) is 0 Å². The van der Waals surface area contributed by atoms with E-state index in [1.54, 1.807) is 0 Å². The van der Waals surface area contributed by atoms with Crippen LogP contribution in [0.4, 0.5) is 8.78 Å². The van der Waals surface area contributed by atoms with Gasteiger partial charge in [0.2, 0.25) is 0 Å². The molecule has 0 aromatic heterocycles. The fourth-order valence-electron chi connectivity index (χ4n) is 2.59. The first-order valence-electron chi connectivity index (χ1n) is 5.41. The van der Waals surface area contributed by atoms with Crippen LogP contribution in [0.15, 0.2) is 0 Å². The second-order valence-electron chi connectivity index (χ2n) is 4.60. The normalized spacial score (nSPS) is 31.1. The first-order chi connectivity index (χ1) is 6.55. The van der Waals surface area contributed by atoms with Gasteiger partial charge in [0.1, 0.15) is 0 Å². The van der Waals surface area contributed by atoms with Crippen LogP contribution < -0.4 is 5.32 Å². The topological polar surface area (TPSA) is 15.3 Å². The third-order valence-electron chi connectivity index (χ3n) is 3.58. The smallest absolute Gasteiger partial charge is 0.262 e. The van der Waals surface area contributed by atoms with Gasteiger partial charge in [-0.15, -0.1) is 0 Å².